The van der Waals surface area contributed by atoms with Crippen molar-refractivity contribution in [1.29, 1.82) is 0 Å². The first-order chi connectivity index (χ1) is 32.7. The molecule has 13 rings (SSSR count). The SMILES string of the molecule is Cc1cc2c3c4c1C1(C)c5ccccc5-c5cccc(c51)N4c1ccc(C(C)(C)C)cc1B3c1ccc(N3c4ccc(C(C)(C)C)cc4C4(C)CCCCC34C)cc1N2c1ccc(C(C)(C)C)cc1. The fourth-order valence-electron chi connectivity index (χ4n) is 14.7. The lowest BCUT2D eigenvalue weighted by molar-refractivity contribution is 0.195. The van der Waals surface area contributed by atoms with E-state index in [1.165, 1.54) is 143 Å². The summed E-state index contributed by atoms with van der Waals surface area (Å²) < 4.78 is 0. The fourth-order valence-corrected chi connectivity index (χ4v) is 14.7. The summed E-state index contributed by atoms with van der Waals surface area (Å²) in [5, 5.41) is 0. The molecule has 2 aliphatic carbocycles. The zero-order valence-corrected chi connectivity index (χ0v) is 43.4. The van der Waals surface area contributed by atoms with Crippen molar-refractivity contribution in [1.82, 2.24) is 0 Å². The van der Waals surface area contributed by atoms with Crippen LogP contribution in [-0.4, -0.2) is 12.3 Å². The molecule has 346 valence electrons. The van der Waals surface area contributed by atoms with E-state index in [0.717, 1.165) is 0 Å². The van der Waals surface area contributed by atoms with Crippen LogP contribution >= 0.6 is 0 Å². The molecule has 7 aromatic rings. The maximum absolute atomic E-state index is 2.80. The Morgan fingerprint density at radius 1 is 0.478 bits per heavy atom. The average molecular weight is 902 g/mol. The van der Waals surface area contributed by atoms with Crippen molar-refractivity contribution < 1.29 is 0 Å². The predicted octanol–water partition coefficient (Wildman–Crippen LogP) is 15.4. The van der Waals surface area contributed by atoms with Crippen molar-refractivity contribution in [3.05, 3.63) is 172 Å². The quantitative estimate of drug-likeness (QED) is 0.160. The second kappa shape index (κ2) is 13.7. The molecule has 0 spiro atoms. The second-order valence-corrected chi connectivity index (χ2v) is 25.5. The lowest BCUT2D eigenvalue weighted by Crippen LogP contribution is -2.63. The van der Waals surface area contributed by atoms with E-state index in [0.29, 0.717) is 0 Å². The van der Waals surface area contributed by atoms with E-state index < -0.39 is 0 Å². The second-order valence-electron chi connectivity index (χ2n) is 25.5. The van der Waals surface area contributed by atoms with Gasteiger partial charge in [-0.3, -0.25) is 0 Å². The Kier molecular flexibility index (Phi) is 8.52. The number of aryl methyl sites for hydroxylation is 1. The maximum atomic E-state index is 2.80. The van der Waals surface area contributed by atoms with E-state index in [4.69, 9.17) is 0 Å². The normalized spacial score (nSPS) is 22.4. The van der Waals surface area contributed by atoms with Gasteiger partial charge in [0.1, 0.15) is 0 Å². The lowest BCUT2D eigenvalue weighted by atomic mass is 9.32. The van der Waals surface area contributed by atoms with Crippen LogP contribution in [0.4, 0.5) is 45.5 Å². The number of nitrogens with zero attached hydrogens (tertiary/aromatic N) is 3. The summed E-state index contributed by atoms with van der Waals surface area (Å²) in [4.78, 5) is 8.16. The molecule has 6 aliphatic rings. The monoisotopic (exact) mass is 902 g/mol. The molecule has 0 bridgehead atoms. The van der Waals surface area contributed by atoms with Crippen LogP contribution in [0.3, 0.4) is 0 Å². The maximum Gasteiger partial charge on any atom is 0.252 e. The first kappa shape index (κ1) is 43.1. The minimum absolute atomic E-state index is 0.0209. The van der Waals surface area contributed by atoms with Crippen LogP contribution in [0.2, 0.25) is 0 Å². The van der Waals surface area contributed by atoms with Crippen LogP contribution < -0.4 is 31.1 Å². The highest BCUT2D eigenvalue weighted by atomic mass is 15.3. The van der Waals surface area contributed by atoms with Gasteiger partial charge in [0.2, 0.25) is 0 Å². The van der Waals surface area contributed by atoms with Crippen molar-refractivity contribution in [2.24, 2.45) is 0 Å². The predicted molar refractivity (Wildman–Crippen MR) is 295 cm³/mol. The standard InChI is InChI=1S/C65H68BN3/c1-39-35-55-58-59-56(39)65(13)47-21-15-14-19-45(47)46-20-18-22-53(57(46)65)68(59)52-32-26-42(62(8,9)10)37-50(52)66(58)49-30-29-44(38-54(49)67(55)43-27-23-40(24-28-43)60(2,3)4)69-51-31-25-41(61(5,6)7)36-48(51)63(11)33-16-17-34-64(63,69)12/h14-15,18-32,35-38H,16-17,33-34H2,1-13H3. The van der Waals surface area contributed by atoms with Crippen molar-refractivity contribution in [3.8, 4) is 11.1 Å². The number of fused-ring (bicyclic) bond motifs is 13. The highest BCUT2D eigenvalue weighted by molar-refractivity contribution is 7.00. The molecule has 0 amide bonds. The number of anilines is 8. The van der Waals surface area contributed by atoms with E-state index in [1.54, 1.807) is 0 Å². The minimum atomic E-state index is -0.317. The Labute approximate surface area is 412 Å². The van der Waals surface area contributed by atoms with E-state index in [-0.39, 0.29) is 39.3 Å². The molecule has 3 atom stereocenters. The van der Waals surface area contributed by atoms with Gasteiger partial charge < -0.3 is 14.7 Å². The molecular formula is C65H68BN3. The van der Waals surface area contributed by atoms with Gasteiger partial charge >= 0.3 is 0 Å². The van der Waals surface area contributed by atoms with Gasteiger partial charge in [-0.25, -0.2) is 0 Å². The molecule has 4 heteroatoms. The largest absolute Gasteiger partial charge is 0.334 e. The Balaban J connectivity index is 1.12. The Hall–Kier alpha value is -6.00. The third-order valence-electron chi connectivity index (χ3n) is 18.5. The highest BCUT2D eigenvalue weighted by Crippen LogP contribution is 2.65. The van der Waals surface area contributed by atoms with Gasteiger partial charge in [-0.2, -0.15) is 0 Å². The smallest absolute Gasteiger partial charge is 0.252 e. The highest BCUT2D eigenvalue weighted by Gasteiger charge is 2.59. The summed E-state index contributed by atoms with van der Waals surface area (Å²) in [7, 11) is 0. The molecule has 1 saturated carbocycles. The average Bonchev–Trinajstić information content (AvgIpc) is 3.69. The molecular weight excluding hydrogens is 834 g/mol. The third-order valence-corrected chi connectivity index (χ3v) is 18.5. The number of hydrogen-bond acceptors (Lipinski definition) is 3. The molecule has 0 radical (unpaired) electrons. The van der Waals surface area contributed by atoms with Gasteiger partial charge in [0.15, 0.2) is 0 Å². The van der Waals surface area contributed by atoms with Crippen LogP contribution in [0, 0.1) is 6.92 Å². The molecule has 4 heterocycles. The van der Waals surface area contributed by atoms with Gasteiger partial charge in [-0.1, -0.05) is 161 Å². The number of benzene rings is 7. The number of rotatable bonds is 2. The van der Waals surface area contributed by atoms with E-state index in [2.05, 4.69) is 232 Å². The van der Waals surface area contributed by atoms with Crippen LogP contribution in [0.25, 0.3) is 11.1 Å². The molecule has 0 saturated heterocycles. The van der Waals surface area contributed by atoms with Crippen LogP contribution in [0.15, 0.2) is 127 Å². The van der Waals surface area contributed by atoms with Crippen molar-refractivity contribution in [2.45, 2.75) is 148 Å². The summed E-state index contributed by atoms with van der Waals surface area (Å²) in [6.45, 7) is 31.3. The van der Waals surface area contributed by atoms with E-state index >= 15 is 0 Å². The fraction of sp³-hybridized carbons (Fsp3) is 0.354. The Morgan fingerprint density at radius 3 is 1.84 bits per heavy atom. The first-order valence-corrected chi connectivity index (χ1v) is 26.0. The summed E-state index contributed by atoms with van der Waals surface area (Å²) in [5.41, 5.74) is 28.4. The summed E-state index contributed by atoms with van der Waals surface area (Å²) >= 11 is 0. The molecule has 3 nitrogen and oxygen atoms in total. The van der Waals surface area contributed by atoms with Crippen LogP contribution in [-0.2, 0) is 27.1 Å². The van der Waals surface area contributed by atoms with Crippen LogP contribution in [0.5, 0.6) is 0 Å². The van der Waals surface area contributed by atoms with Crippen molar-refractivity contribution >= 4 is 68.6 Å². The summed E-state index contributed by atoms with van der Waals surface area (Å²) in [6.07, 6.45) is 4.89. The molecule has 69 heavy (non-hydrogen) atoms. The molecule has 7 aromatic carbocycles. The summed E-state index contributed by atoms with van der Waals surface area (Å²) in [5.74, 6) is 0. The van der Waals surface area contributed by atoms with Crippen LogP contribution in [0.1, 0.15) is 153 Å². The molecule has 0 aromatic heterocycles. The van der Waals surface area contributed by atoms with Crippen molar-refractivity contribution in [2.75, 3.05) is 14.7 Å². The van der Waals surface area contributed by atoms with Crippen molar-refractivity contribution in [3.63, 3.8) is 0 Å². The molecule has 1 fully saturated rings. The van der Waals surface area contributed by atoms with Gasteiger partial charge in [0.05, 0.1) is 11.2 Å². The van der Waals surface area contributed by atoms with Gasteiger partial charge in [-0.15, -0.1) is 0 Å². The molecule has 0 N–H and O–H groups in total. The lowest BCUT2D eigenvalue weighted by Gasteiger charge is -2.52. The Bertz CT molecular complexity index is 3380. The molecule has 4 aliphatic heterocycles. The van der Waals surface area contributed by atoms with E-state index in [9.17, 15) is 0 Å². The van der Waals surface area contributed by atoms with Gasteiger partial charge in [0.25, 0.3) is 6.71 Å². The minimum Gasteiger partial charge on any atom is -0.334 e. The zero-order valence-electron chi connectivity index (χ0n) is 43.4. The van der Waals surface area contributed by atoms with E-state index in [1.807, 2.05) is 0 Å². The zero-order chi connectivity index (χ0) is 48.1. The summed E-state index contributed by atoms with van der Waals surface area (Å²) in [6, 6.07) is 51.1. The third kappa shape index (κ3) is 5.47. The van der Waals surface area contributed by atoms with Gasteiger partial charge in [0, 0.05) is 50.6 Å². The first-order valence-electron chi connectivity index (χ1n) is 26.0. The Morgan fingerprint density at radius 2 is 1.12 bits per heavy atom. The van der Waals surface area contributed by atoms with Gasteiger partial charge in [-0.05, 0) is 170 Å². The topological polar surface area (TPSA) is 9.72 Å². The molecule has 3 unspecified atom stereocenters. The number of hydrogen-bond donors (Lipinski definition) is 0.